The topological polar surface area (TPSA) is 89.5 Å². The Morgan fingerprint density at radius 3 is 3.00 bits per heavy atom. The summed E-state index contributed by atoms with van der Waals surface area (Å²) in [6.45, 7) is 5.74. The number of aliphatic hydroxyl groups excluding tert-OH is 1. The molecule has 1 amide bonds. The van der Waals surface area contributed by atoms with Gasteiger partial charge in [-0.25, -0.2) is 0 Å². The van der Waals surface area contributed by atoms with Crippen molar-refractivity contribution in [1.29, 1.82) is 5.26 Å². The molecule has 0 aliphatic carbocycles. The molecule has 2 heterocycles. The van der Waals surface area contributed by atoms with Crippen molar-refractivity contribution >= 4 is 11.8 Å². The van der Waals surface area contributed by atoms with E-state index in [1.165, 1.54) is 0 Å². The molecule has 6 heteroatoms. The molecule has 0 spiro atoms. The number of hydrogen-bond acceptors (Lipinski definition) is 5. The number of aliphatic hydroxyl groups is 1. The molecular weight excluding hydrogens is 270 g/mol. The lowest BCUT2D eigenvalue weighted by Crippen LogP contribution is -2.31. The van der Waals surface area contributed by atoms with Crippen LogP contribution in [0.15, 0.2) is 4.42 Å². The fourth-order valence-electron chi connectivity index (χ4n) is 2.69. The number of nitrogens with one attached hydrogen (secondary N) is 1. The Kier molecular flexibility index (Phi) is 4.99. The van der Waals surface area contributed by atoms with Gasteiger partial charge in [0.1, 0.15) is 17.4 Å². The zero-order valence-corrected chi connectivity index (χ0v) is 12.5. The number of likely N-dealkylation sites (tertiary alicyclic amines) is 1. The molecule has 1 aromatic heterocycles. The zero-order valence-electron chi connectivity index (χ0n) is 12.5. The third-order valence-corrected chi connectivity index (χ3v) is 4.02. The second-order valence-electron chi connectivity index (χ2n) is 5.55. The van der Waals surface area contributed by atoms with Gasteiger partial charge in [-0.3, -0.25) is 15.0 Å². The predicted octanol–water partition coefficient (Wildman–Crippen LogP) is 1.41. The molecule has 0 radical (unpaired) electrons. The van der Waals surface area contributed by atoms with Crippen molar-refractivity contribution in [3.05, 3.63) is 16.9 Å². The number of nitrogens with zero attached hydrogens (tertiary/aromatic N) is 2. The van der Waals surface area contributed by atoms with Gasteiger partial charge in [-0.2, -0.15) is 5.26 Å². The van der Waals surface area contributed by atoms with E-state index < -0.39 is 0 Å². The van der Waals surface area contributed by atoms with Crippen LogP contribution < -0.4 is 5.32 Å². The molecule has 114 valence electrons. The normalized spacial score (nSPS) is 18.7. The number of hydrogen-bond donors (Lipinski definition) is 2. The van der Waals surface area contributed by atoms with E-state index in [0.29, 0.717) is 17.2 Å². The van der Waals surface area contributed by atoms with Crippen LogP contribution in [0.4, 0.5) is 5.88 Å². The van der Waals surface area contributed by atoms with Crippen LogP contribution in [0.5, 0.6) is 0 Å². The van der Waals surface area contributed by atoms with Gasteiger partial charge in [0.25, 0.3) is 0 Å². The van der Waals surface area contributed by atoms with Gasteiger partial charge < -0.3 is 9.52 Å². The van der Waals surface area contributed by atoms with Crippen molar-refractivity contribution in [1.82, 2.24) is 4.90 Å². The number of furan rings is 1. The Labute approximate surface area is 124 Å². The molecule has 1 fully saturated rings. The Balaban J connectivity index is 1.91. The van der Waals surface area contributed by atoms with Gasteiger partial charge in [-0.15, -0.1) is 0 Å². The smallest absolute Gasteiger partial charge is 0.240 e. The van der Waals surface area contributed by atoms with Crippen LogP contribution in [0, 0.1) is 31.1 Å². The van der Waals surface area contributed by atoms with E-state index in [1.54, 1.807) is 13.8 Å². The monoisotopic (exact) mass is 291 g/mol. The number of aryl methyl sites for hydroxylation is 1. The summed E-state index contributed by atoms with van der Waals surface area (Å²) < 4.78 is 5.43. The molecule has 21 heavy (non-hydrogen) atoms. The number of carbonyl (C=O) groups excluding carboxylic acids is 1. The van der Waals surface area contributed by atoms with Crippen LogP contribution in [-0.4, -0.2) is 42.2 Å². The highest BCUT2D eigenvalue weighted by Crippen LogP contribution is 2.25. The van der Waals surface area contributed by atoms with Crippen LogP contribution in [0.1, 0.15) is 29.7 Å². The summed E-state index contributed by atoms with van der Waals surface area (Å²) in [5, 5.41) is 20.7. The van der Waals surface area contributed by atoms with Crippen LogP contribution >= 0.6 is 0 Å². The molecule has 1 unspecified atom stereocenters. The number of amides is 1. The second-order valence-corrected chi connectivity index (χ2v) is 5.55. The maximum atomic E-state index is 12.1. The fraction of sp³-hybridized carbons (Fsp3) is 0.600. The number of nitriles is 1. The van der Waals surface area contributed by atoms with Crippen LogP contribution in [0.2, 0.25) is 0 Å². The number of rotatable bonds is 5. The van der Waals surface area contributed by atoms with Crippen molar-refractivity contribution in [2.75, 3.05) is 31.6 Å². The van der Waals surface area contributed by atoms with Crippen molar-refractivity contribution < 1.29 is 14.3 Å². The third kappa shape index (κ3) is 3.63. The van der Waals surface area contributed by atoms with Gasteiger partial charge in [-0.05, 0) is 39.2 Å². The molecule has 1 aromatic rings. The first-order chi connectivity index (χ1) is 10.0. The second kappa shape index (κ2) is 6.74. The SMILES string of the molecule is Cc1oc(NC(=O)CN2CCC(CCO)C2)c(C#N)c1C. The quantitative estimate of drug-likeness (QED) is 0.856. The molecule has 2 rings (SSSR count). The maximum absolute atomic E-state index is 12.1. The highest BCUT2D eigenvalue weighted by atomic mass is 16.4. The molecule has 1 atom stereocenters. The van der Waals surface area contributed by atoms with E-state index in [4.69, 9.17) is 14.8 Å². The Hall–Kier alpha value is -1.84. The summed E-state index contributed by atoms with van der Waals surface area (Å²) in [6, 6.07) is 2.06. The lowest BCUT2D eigenvalue weighted by atomic mass is 10.1. The van der Waals surface area contributed by atoms with Crippen LogP contribution in [0.3, 0.4) is 0 Å². The summed E-state index contributed by atoms with van der Waals surface area (Å²) in [4.78, 5) is 14.1. The molecule has 2 N–H and O–H groups in total. The van der Waals surface area contributed by atoms with E-state index in [-0.39, 0.29) is 24.9 Å². The summed E-state index contributed by atoms with van der Waals surface area (Å²) >= 11 is 0. The molecule has 0 aromatic carbocycles. The fourth-order valence-corrected chi connectivity index (χ4v) is 2.69. The largest absolute Gasteiger partial charge is 0.444 e. The first kappa shape index (κ1) is 15.5. The molecule has 0 bridgehead atoms. The standard InChI is InChI=1S/C15H21N3O3/c1-10-11(2)21-15(13(10)7-16)17-14(20)9-18-5-3-12(8-18)4-6-19/h12,19H,3-6,8-9H2,1-2H3,(H,17,20). The minimum atomic E-state index is -0.176. The van der Waals surface area contributed by atoms with Crippen molar-refractivity contribution in [2.24, 2.45) is 5.92 Å². The Bertz CT molecular complexity index is 559. The number of carbonyl (C=O) groups is 1. The summed E-state index contributed by atoms with van der Waals surface area (Å²) in [5.74, 6) is 1.17. The molecule has 6 nitrogen and oxygen atoms in total. The molecular formula is C15H21N3O3. The van der Waals surface area contributed by atoms with E-state index in [9.17, 15) is 4.79 Å². The van der Waals surface area contributed by atoms with Crippen LogP contribution in [0.25, 0.3) is 0 Å². The predicted molar refractivity (Wildman–Crippen MR) is 77.8 cm³/mol. The average Bonchev–Trinajstić information content (AvgIpc) is 2.96. The highest BCUT2D eigenvalue weighted by Gasteiger charge is 2.24. The van der Waals surface area contributed by atoms with E-state index in [2.05, 4.69) is 16.3 Å². The van der Waals surface area contributed by atoms with Crippen molar-refractivity contribution in [3.8, 4) is 6.07 Å². The average molecular weight is 291 g/mol. The maximum Gasteiger partial charge on any atom is 0.240 e. The lowest BCUT2D eigenvalue weighted by Gasteiger charge is -2.14. The van der Waals surface area contributed by atoms with E-state index >= 15 is 0 Å². The summed E-state index contributed by atoms with van der Waals surface area (Å²) in [5.41, 5.74) is 1.15. The molecule has 1 aliphatic heterocycles. The van der Waals surface area contributed by atoms with Crippen molar-refractivity contribution in [2.45, 2.75) is 26.7 Å². The van der Waals surface area contributed by atoms with Crippen molar-refractivity contribution in [3.63, 3.8) is 0 Å². The first-order valence-corrected chi connectivity index (χ1v) is 7.18. The zero-order chi connectivity index (χ0) is 15.4. The van der Waals surface area contributed by atoms with E-state index in [0.717, 1.165) is 31.5 Å². The minimum Gasteiger partial charge on any atom is -0.444 e. The van der Waals surface area contributed by atoms with Gasteiger partial charge >= 0.3 is 0 Å². The first-order valence-electron chi connectivity index (χ1n) is 7.18. The molecule has 1 saturated heterocycles. The summed E-state index contributed by atoms with van der Waals surface area (Å²) in [6.07, 6.45) is 1.80. The number of anilines is 1. The van der Waals surface area contributed by atoms with Gasteiger partial charge in [-0.1, -0.05) is 0 Å². The van der Waals surface area contributed by atoms with Gasteiger partial charge in [0.2, 0.25) is 11.8 Å². The molecule has 0 saturated carbocycles. The highest BCUT2D eigenvalue weighted by molar-refractivity contribution is 5.92. The van der Waals surface area contributed by atoms with Crippen LogP contribution in [-0.2, 0) is 4.79 Å². The minimum absolute atomic E-state index is 0.176. The van der Waals surface area contributed by atoms with Gasteiger partial charge in [0.15, 0.2) is 0 Å². The molecule has 1 aliphatic rings. The van der Waals surface area contributed by atoms with Gasteiger partial charge in [0, 0.05) is 18.7 Å². The lowest BCUT2D eigenvalue weighted by molar-refractivity contribution is -0.117. The Morgan fingerprint density at radius 2 is 2.33 bits per heavy atom. The Morgan fingerprint density at radius 1 is 1.57 bits per heavy atom. The van der Waals surface area contributed by atoms with Gasteiger partial charge in [0.05, 0.1) is 6.54 Å². The summed E-state index contributed by atoms with van der Waals surface area (Å²) in [7, 11) is 0. The third-order valence-electron chi connectivity index (χ3n) is 4.02. The van der Waals surface area contributed by atoms with E-state index in [1.807, 2.05) is 0 Å².